The predicted octanol–water partition coefficient (Wildman–Crippen LogP) is 4.63. The molecule has 28 heavy (non-hydrogen) atoms. The predicted molar refractivity (Wildman–Crippen MR) is 115 cm³/mol. The van der Waals surface area contributed by atoms with Crippen LogP contribution in [0.5, 0.6) is 0 Å². The van der Waals surface area contributed by atoms with Crippen LogP contribution in [0.2, 0.25) is 0 Å². The number of likely N-dealkylation sites (N-methyl/N-ethyl adjacent to an activating group) is 1. The second-order valence-electron chi connectivity index (χ2n) is 7.56. The van der Waals surface area contributed by atoms with Crippen molar-refractivity contribution in [2.45, 2.75) is 33.7 Å². The molecule has 3 aromatic rings. The normalized spacial score (nSPS) is 14.0. The number of imidazole rings is 1. The molecule has 0 spiro atoms. The van der Waals surface area contributed by atoms with Gasteiger partial charge in [0.2, 0.25) is 5.91 Å². The molecule has 0 bridgehead atoms. The van der Waals surface area contributed by atoms with Crippen molar-refractivity contribution in [1.29, 1.82) is 0 Å². The van der Waals surface area contributed by atoms with Gasteiger partial charge in [-0.05, 0) is 45.9 Å². The van der Waals surface area contributed by atoms with Crippen molar-refractivity contribution in [2.75, 3.05) is 22.9 Å². The second-order valence-corrected chi connectivity index (χ2v) is 7.56. The molecular formula is C23H26N4O. The molecule has 1 aliphatic rings. The Kier molecular flexibility index (Phi) is 4.67. The lowest BCUT2D eigenvalue weighted by atomic mass is 10.0. The zero-order valence-corrected chi connectivity index (χ0v) is 16.9. The number of benzene rings is 2. The molecule has 5 heteroatoms. The third-order valence-corrected chi connectivity index (χ3v) is 5.34. The van der Waals surface area contributed by atoms with Crippen molar-refractivity contribution in [3.05, 3.63) is 54.4 Å². The lowest BCUT2D eigenvalue weighted by Gasteiger charge is -2.39. The van der Waals surface area contributed by atoms with Crippen molar-refractivity contribution >= 4 is 17.3 Å². The van der Waals surface area contributed by atoms with E-state index in [2.05, 4.69) is 72.0 Å². The molecule has 5 nitrogen and oxygen atoms in total. The lowest BCUT2D eigenvalue weighted by Crippen LogP contribution is -2.48. The number of fused-ring (bicyclic) bond motifs is 1. The number of hydrogen-bond acceptors (Lipinski definition) is 3. The molecule has 2 heterocycles. The number of aromatic amines is 1. The lowest BCUT2D eigenvalue weighted by molar-refractivity contribution is -0.117. The number of nitrogens with one attached hydrogen (secondary N) is 1. The van der Waals surface area contributed by atoms with Crippen molar-refractivity contribution in [2.24, 2.45) is 0 Å². The number of amides is 1. The molecule has 144 valence electrons. The molecule has 1 N–H and O–H groups in total. The molecule has 0 saturated heterocycles. The van der Waals surface area contributed by atoms with Crippen LogP contribution in [0.4, 0.5) is 11.4 Å². The van der Waals surface area contributed by atoms with Crippen LogP contribution in [0, 0.1) is 6.92 Å². The van der Waals surface area contributed by atoms with Crippen LogP contribution in [-0.4, -0.2) is 35.0 Å². The van der Waals surface area contributed by atoms with Crippen LogP contribution in [0.3, 0.4) is 0 Å². The topological polar surface area (TPSA) is 52.2 Å². The first-order chi connectivity index (χ1) is 13.5. The van der Waals surface area contributed by atoms with E-state index < -0.39 is 0 Å². The highest BCUT2D eigenvalue weighted by atomic mass is 16.2. The highest BCUT2D eigenvalue weighted by Crippen LogP contribution is 2.39. The highest BCUT2D eigenvalue weighted by Gasteiger charge is 2.30. The van der Waals surface area contributed by atoms with Gasteiger partial charge in [0.05, 0.1) is 35.6 Å². The molecule has 0 radical (unpaired) electrons. The average Bonchev–Trinajstić information content (AvgIpc) is 3.16. The third-order valence-electron chi connectivity index (χ3n) is 5.34. The molecule has 1 aromatic heterocycles. The molecule has 0 fully saturated rings. The summed E-state index contributed by atoms with van der Waals surface area (Å²) in [7, 11) is 0. The number of aryl methyl sites for hydroxylation is 1. The molecule has 1 amide bonds. The zero-order valence-electron chi connectivity index (χ0n) is 16.9. The first-order valence-corrected chi connectivity index (χ1v) is 9.81. The smallest absolute Gasteiger partial charge is 0.246 e. The molecule has 0 aliphatic carbocycles. The fraction of sp³-hybridized carbons (Fsp3) is 0.304. The number of hydrogen-bond donors (Lipinski definition) is 1. The summed E-state index contributed by atoms with van der Waals surface area (Å²) in [5.74, 6) is 0.143. The Bertz CT molecular complexity index is 1020. The van der Waals surface area contributed by atoms with Crippen LogP contribution in [0.1, 0.15) is 26.3 Å². The quantitative estimate of drug-likeness (QED) is 0.724. The van der Waals surface area contributed by atoms with E-state index in [9.17, 15) is 4.79 Å². The fourth-order valence-electron chi connectivity index (χ4n) is 3.92. The largest absolute Gasteiger partial charge is 0.358 e. The maximum absolute atomic E-state index is 12.7. The van der Waals surface area contributed by atoms with Gasteiger partial charge in [-0.2, -0.15) is 0 Å². The van der Waals surface area contributed by atoms with Crippen LogP contribution >= 0.6 is 0 Å². The first kappa shape index (κ1) is 18.3. The monoisotopic (exact) mass is 374 g/mol. The van der Waals surface area contributed by atoms with Crippen LogP contribution < -0.4 is 9.80 Å². The van der Waals surface area contributed by atoms with E-state index in [-0.39, 0.29) is 11.9 Å². The Labute approximate surface area is 166 Å². The third kappa shape index (κ3) is 3.07. The molecular weight excluding hydrogens is 348 g/mol. The van der Waals surface area contributed by atoms with E-state index in [0.29, 0.717) is 13.1 Å². The molecule has 4 rings (SSSR count). The summed E-state index contributed by atoms with van der Waals surface area (Å²) in [6.07, 6.45) is 1.73. The van der Waals surface area contributed by atoms with Crippen LogP contribution in [0.15, 0.2) is 48.8 Å². The summed E-state index contributed by atoms with van der Waals surface area (Å²) in [4.78, 5) is 24.6. The van der Waals surface area contributed by atoms with Crippen molar-refractivity contribution < 1.29 is 4.79 Å². The van der Waals surface area contributed by atoms with Gasteiger partial charge in [0.1, 0.15) is 0 Å². The van der Waals surface area contributed by atoms with E-state index in [1.807, 2.05) is 17.9 Å². The maximum Gasteiger partial charge on any atom is 0.246 e. The van der Waals surface area contributed by atoms with Crippen molar-refractivity contribution in [3.8, 4) is 22.5 Å². The second kappa shape index (κ2) is 7.15. The van der Waals surface area contributed by atoms with E-state index in [4.69, 9.17) is 0 Å². The standard InChI is InChI=1S/C23H26N4O/c1-5-26-20-12-18(9-10-19(20)27(15(2)3)13-21(26)28)23-22(24-14-25-23)17-8-6-7-16(4)11-17/h6-12,14-15H,5,13H2,1-4H3,(H,24,25). The van der Waals surface area contributed by atoms with Crippen LogP contribution in [-0.2, 0) is 4.79 Å². The molecule has 0 atom stereocenters. The molecule has 0 saturated carbocycles. The first-order valence-electron chi connectivity index (χ1n) is 9.81. The Morgan fingerprint density at radius 2 is 1.93 bits per heavy atom. The van der Waals surface area contributed by atoms with Crippen molar-refractivity contribution in [1.82, 2.24) is 9.97 Å². The average molecular weight is 374 g/mol. The summed E-state index contributed by atoms with van der Waals surface area (Å²) in [5, 5.41) is 0. The summed E-state index contributed by atoms with van der Waals surface area (Å²) in [6, 6.07) is 15.0. The van der Waals surface area contributed by atoms with Gasteiger partial charge in [0.15, 0.2) is 0 Å². The van der Waals surface area contributed by atoms with Gasteiger partial charge in [-0.3, -0.25) is 4.79 Å². The van der Waals surface area contributed by atoms with Gasteiger partial charge in [0, 0.05) is 23.7 Å². The summed E-state index contributed by atoms with van der Waals surface area (Å²) >= 11 is 0. The Morgan fingerprint density at radius 3 is 2.64 bits per heavy atom. The molecule has 0 unspecified atom stereocenters. The Hall–Kier alpha value is -3.08. The fourth-order valence-corrected chi connectivity index (χ4v) is 3.92. The van der Waals surface area contributed by atoms with Crippen LogP contribution in [0.25, 0.3) is 22.5 Å². The Balaban J connectivity index is 1.83. The molecule has 2 aromatic carbocycles. The minimum absolute atomic E-state index is 0.143. The maximum atomic E-state index is 12.7. The minimum Gasteiger partial charge on any atom is -0.358 e. The van der Waals surface area contributed by atoms with Gasteiger partial charge in [-0.25, -0.2) is 4.98 Å². The number of anilines is 2. The van der Waals surface area contributed by atoms with E-state index in [1.54, 1.807) is 6.33 Å². The van der Waals surface area contributed by atoms with Gasteiger partial charge >= 0.3 is 0 Å². The van der Waals surface area contributed by atoms with Gasteiger partial charge in [-0.1, -0.05) is 29.8 Å². The zero-order chi connectivity index (χ0) is 19.8. The number of carbonyl (C=O) groups excluding carboxylic acids is 1. The molecule has 1 aliphatic heterocycles. The van der Waals surface area contributed by atoms with Gasteiger partial charge in [0.25, 0.3) is 0 Å². The van der Waals surface area contributed by atoms with E-state index in [1.165, 1.54) is 5.56 Å². The van der Waals surface area contributed by atoms with Gasteiger partial charge in [-0.15, -0.1) is 0 Å². The number of nitrogens with zero attached hydrogens (tertiary/aromatic N) is 3. The summed E-state index contributed by atoms with van der Waals surface area (Å²) in [6.45, 7) is 9.44. The number of rotatable bonds is 4. The SMILES string of the molecule is CCN1C(=O)CN(C(C)C)c2ccc(-c3[nH]cnc3-c3cccc(C)c3)cc21. The summed E-state index contributed by atoms with van der Waals surface area (Å²) in [5.41, 5.74) is 7.29. The number of H-pyrrole nitrogens is 1. The highest BCUT2D eigenvalue weighted by molar-refractivity contribution is 6.04. The Morgan fingerprint density at radius 1 is 1.11 bits per heavy atom. The number of aromatic nitrogens is 2. The van der Waals surface area contributed by atoms with Crippen molar-refractivity contribution in [3.63, 3.8) is 0 Å². The van der Waals surface area contributed by atoms with E-state index in [0.717, 1.165) is 33.9 Å². The van der Waals surface area contributed by atoms with Gasteiger partial charge < -0.3 is 14.8 Å². The summed E-state index contributed by atoms with van der Waals surface area (Å²) < 4.78 is 0. The number of carbonyl (C=O) groups is 1. The van der Waals surface area contributed by atoms with E-state index >= 15 is 0 Å². The minimum atomic E-state index is 0.143.